The molecule has 4 heterocycles. The van der Waals surface area contributed by atoms with Crippen LogP contribution in [0, 0.1) is 5.82 Å². The highest BCUT2D eigenvalue weighted by molar-refractivity contribution is 7.90. The Bertz CT molecular complexity index is 1370. The molecule has 2 aromatic heterocycles. The Morgan fingerprint density at radius 2 is 1.78 bits per heavy atom. The Labute approximate surface area is 209 Å². The van der Waals surface area contributed by atoms with Crippen LogP contribution in [0.1, 0.15) is 19.3 Å². The smallest absolute Gasteiger partial charge is 0.245 e. The summed E-state index contributed by atoms with van der Waals surface area (Å²) < 4.78 is 39.5. The molecular weight excluding hydrogens is 485 g/mol. The number of nitrogens with zero attached hydrogens (tertiary/aromatic N) is 6. The molecule has 0 saturated carbocycles. The Morgan fingerprint density at radius 3 is 2.39 bits per heavy atom. The third-order valence-corrected chi connectivity index (χ3v) is 7.99. The number of benzene rings is 1. The number of likely N-dealkylation sites (tertiary alicyclic amines) is 1. The van der Waals surface area contributed by atoms with Gasteiger partial charge in [0, 0.05) is 63.1 Å². The van der Waals surface area contributed by atoms with E-state index in [0.29, 0.717) is 18.9 Å². The molecule has 0 spiro atoms. The van der Waals surface area contributed by atoms with Crippen molar-refractivity contribution in [2.24, 2.45) is 7.05 Å². The van der Waals surface area contributed by atoms with E-state index in [9.17, 15) is 17.6 Å². The van der Waals surface area contributed by atoms with Gasteiger partial charge in [-0.25, -0.2) is 22.8 Å². The molecule has 2 aliphatic rings. The summed E-state index contributed by atoms with van der Waals surface area (Å²) in [6, 6.07) is 5.18. The average Bonchev–Trinajstić information content (AvgIpc) is 3.45. The van der Waals surface area contributed by atoms with Crippen molar-refractivity contribution in [2.75, 3.05) is 36.1 Å². The normalized spacial score (nSPS) is 19.2. The third kappa shape index (κ3) is 4.77. The molecule has 190 valence electrons. The number of sulfone groups is 1. The lowest BCUT2D eigenvalue weighted by Gasteiger charge is -2.36. The standard InChI is InChI=1S/C24H28FN7O3S/c1-30-22(5-9-28-30)16-14-26-24(27-15-16)31-10-6-17(7-11-31)32-12-8-21(23(32)33)29-20-4-3-18(13-19(20)25)36(2,34)35/h3-5,9,13-15,17,21,29H,6-8,10-12H2,1-2H3. The number of anilines is 2. The molecule has 1 atom stereocenters. The summed E-state index contributed by atoms with van der Waals surface area (Å²) in [7, 11) is -1.63. The lowest BCUT2D eigenvalue weighted by atomic mass is 10.0. The monoisotopic (exact) mass is 513 g/mol. The predicted molar refractivity (Wildman–Crippen MR) is 133 cm³/mol. The van der Waals surface area contributed by atoms with Gasteiger partial charge >= 0.3 is 0 Å². The van der Waals surface area contributed by atoms with E-state index in [4.69, 9.17) is 0 Å². The zero-order valence-corrected chi connectivity index (χ0v) is 20.9. The second-order valence-electron chi connectivity index (χ2n) is 9.26. The number of hydrogen-bond acceptors (Lipinski definition) is 8. The van der Waals surface area contributed by atoms with Crippen LogP contribution < -0.4 is 10.2 Å². The zero-order valence-electron chi connectivity index (χ0n) is 20.1. The van der Waals surface area contributed by atoms with Crippen LogP contribution in [0.15, 0.2) is 47.8 Å². The van der Waals surface area contributed by atoms with Crippen molar-refractivity contribution < 1.29 is 17.6 Å². The quantitative estimate of drug-likeness (QED) is 0.533. The number of rotatable bonds is 6. The van der Waals surface area contributed by atoms with E-state index in [2.05, 4.69) is 25.3 Å². The van der Waals surface area contributed by atoms with Crippen LogP contribution >= 0.6 is 0 Å². The largest absolute Gasteiger partial charge is 0.371 e. The molecule has 5 rings (SSSR count). The highest BCUT2D eigenvalue weighted by Gasteiger charge is 2.37. The first-order chi connectivity index (χ1) is 17.2. The molecule has 0 radical (unpaired) electrons. The molecular formula is C24H28FN7O3S. The summed E-state index contributed by atoms with van der Waals surface area (Å²) >= 11 is 0. The van der Waals surface area contributed by atoms with E-state index in [1.807, 2.05) is 18.0 Å². The number of carbonyl (C=O) groups is 1. The van der Waals surface area contributed by atoms with Crippen molar-refractivity contribution in [3.05, 3.63) is 48.7 Å². The van der Waals surface area contributed by atoms with Gasteiger partial charge in [-0.2, -0.15) is 5.10 Å². The highest BCUT2D eigenvalue weighted by atomic mass is 32.2. The van der Waals surface area contributed by atoms with Gasteiger partial charge in [-0.1, -0.05) is 0 Å². The van der Waals surface area contributed by atoms with Crippen molar-refractivity contribution in [1.82, 2.24) is 24.6 Å². The number of piperidine rings is 1. The van der Waals surface area contributed by atoms with E-state index in [-0.39, 0.29) is 22.5 Å². The maximum Gasteiger partial charge on any atom is 0.245 e. The fourth-order valence-electron chi connectivity index (χ4n) is 4.88. The van der Waals surface area contributed by atoms with Gasteiger partial charge < -0.3 is 15.1 Å². The fraction of sp³-hybridized carbons (Fsp3) is 0.417. The van der Waals surface area contributed by atoms with Gasteiger partial charge in [0.05, 0.1) is 16.3 Å². The van der Waals surface area contributed by atoms with Crippen LogP contribution in [0.3, 0.4) is 0 Å². The van der Waals surface area contributed by atoms with Gasteiger partial charge in [-0.05, 0) is 43.5 Å². The van der Waals surface area contributed by atoms with E-state index in [0.717, 1.165) is 49.5 Å². The van der Waals surface area contributed by atoms with Crippen LogP contribution in [0.25, 0.3) is 11.3 Å². The molecule has 1 N–H and O–H groups in total. The Balaban J connectivity index is 1.17. The molecule has 0 bridgehead atoms. The van der Waals surface area contributed by atoms with Gasteiger partial charge in [-0.15, -0.1) is 0 Å². The first kappa shape index (κ1) is 24.2. The molecule has 1 unspecified atom stereocenters. The summed E-state index contributed by atoms with van der Waals surface area (Å²) in [4.78, 5) is 26.1. The zero-order chi connectivity index (χ0) is 25.4. The number of hydrogen-bond donors (Lipinski definition) is 1. The topological polar surface area (TPSA) is 113 Å². The first-order valence-corrected chi connectivity index (χ1v) is 13.7. The van der Waals surface area contributed by atoms with Gasteiger partial charge in [-0.3, -0.25) is 9.48 Å². The van der Waals surface area contributed by atoms with Gasteiger partial charge in [0.2, 0.25) is 11.9 Å². The number of amides is 1. The van der Waals surface area contributed by atoms with E-state index >= 15 is 0 Å². The molecule has 36 heavy (non-hydrogen) atoms. The summed E-state index contributed by atoms with van der Waals surface area (Å²) in [5.74, 6) is -0.0802. The van der Waals surface area contributed by atoms with Crippen molar-refractivity contribution in [1.29, 1.82) is 0 Å². The van der Waals surface area contributed by atoms with E-state index < -0.39 is 21.7 Å². The SMILES string of the molecule is Cn1nccc1-c1cnc(N2CCC(N3CCC(Nc4ccc(S(C)(=O)=O)cc4F)C3=O)CC2)nc1. The molecule has 1 amide bonds. The van der Waals surface area contributed by atoms with E-state index in [1.165, 1.54) is 12.1 Å². The second-order valence-corrected chi connectivity index (χ2v) is 11.3. The minimum Gasteiger partial charge on any atom is -0.371 e. The molecule has 12 heteroatoms. The van der Waals surface area contributed by atoms with Gasteiger partial charge in [0.1, 0.15) is 11.9 Å². The summed E-state index contributed by atoms with van der Waals surface area (Å²) in [5, 5.41) is 7.14. The van der Waals surface area contributed by atoms with Crippen LogP contribution in [0.2, 0.25) is 0 Å². The Kier molecular flexibility index (Phi) is 6.37. The third-order valence-electron chi connectivity index (χ3n) is 6.88. The molecule has 2 saturated heterocycles. The summed E-state index contributed by atoms with van der Waals surface area (Å²) in [5.41, 5.74) is 1.98. The van der Waals surface area contributed by atoms with Crippen molar-refractivity contribution in [2.45, 2.75) is 36.2 Å². The second kappa shape index (κ2) is 9.49. The number of nitrogens with one attached hydrogen (secondary N) is 1. The maximum absolute atomic E-state index is 14.5. The van der Waals surface area contributed by atoms with Crippen LogP contribution in [-0.2, 0) is 21.7 Å². The lowest BCUT2D eigenvalue weighted by Crippen LogP contribution is -2.47. The molecule has 3 aromatic rings. The van der Waals surface area contributed by atoms with Crippen LogP contribution in [0.4, 0.5) is 16.0 Å². The molecule has 2 aliphatic heterocycles. The number of carbonyl (C=O) groups excluding carboxylic acids is 1. The number of aromatic nitrogens is 4. The predicted octanol–water partition coefficient (Wildman–Crippen LogP) is 2.10. The van der Waals surface area contributed by atoms with Crippen molar-refractivity contribution >= 4 is 27.4 Å². The summed E-state index contributed by atoms with van der Waals surface area (Å²) in [6.07, 6.45) is 8.51. The minimum absolute atomic E-state index is 0.0585. The van der Waals surface area contributed by atoms with Crippen LogP contribution in [-0.4, -0.2) is 76.9 Å². The lowest BCUT2D eigenvalue weighted by molar-refractivity contribution is -0.130. The minimum atomic E-state index is -3.50. The number of aryl methyl sites for hydroxylation is 1. The molecule has 1 aromatic carbocycles. The first-order valence-electron chi connectivity index (χ1n) is 11.8. The van der Waals surface area contributed by atoms with Gasteiger partial charge in [0.25, 0.3) is 0 Å². The average molecular weight is 514 g/mol. The van der Waals surface area contributed by atoms with Crippen molar-refractivity contribution in [3.8, 4) is 11.3 Å². The van der Waals surface area contributed by atoms with Crippen molar-refractivity contribution in [3.63, 3.8) is 0 Å². The Morgan fingerprint density at radius 1 is 1.06 bits per heavy atom. The molecule has 10 nitrogen and oxygen atoms in total. The Hall–Kier alpha value is -3.54. The maximum atomic E-state index is 14.5. The molecule has 0 aliphatic carbocycles. The molecule has 2 fully saturated rings. The fourth-order valence-corrected chi connectivity index (χ4v) is 5.51. The summed E-state index contributed by atoms with van der Waals surface area (Å²) in [6.45, 7) is 2.07. The highest BCUT2D eigenvalue weighted by Crippen LogP contribution is 2.27. The van der Waals surface area contributed by atoms with Gasteiger partial charge in [0.15, 0.2) is 9.84 Å². The van der Waals surface area contributed by atoms with Crippen LogP contribution in [0.5, 0.6) is 0 Å². The van der Waals surface area contributed by atoms with E-state index in [1.54, 1.807) is 23.3 Å². The number of halogens is 1.